The molecule has 4 rings (SSSR count). The van der Waals surface area contributed by atoms with Gasteiger partial charge in [-0.25, -0.2) is 4.98 Å². The molecule has 2 aromatic heterocycles. The van der Waals surface area contributed by atoms with Gasteiger partial charge in [-0.1, -0.05) is 18.2 Å². The van der Waals surface area contributed by atoms with Crippen molar-refractivity contribution >= 4 is 5.97 Å². The van der Waals surface area contributed by atoms with Gasteiger partial charge in [0.15, 0.2) is 0 Å². The van der Waals surface area contributed by atoms with Crippen LogP contribution in [-0.2, 0) is 23.2 Å². The highest BCUT2D eigenvalue weighted by Crippen LogP contribution is 2.48. The minimum Gasteiger partial charge on any atom is -0.459 e. The lowest BCUT2D eigenvalue weighted by Gasteiger charge is -2.01. The predicted molar refractivity (Wildman–Crippen MR) is 85.8 cm³/mol. The molecule has 0 spiro atoms. The first-order chi connectivity index (χ1) is 11.7. The number of ether oxygens (including phenoxy) is 1. The second kappa shape index (κ2) is 5.96. The molecule has 1 aromatic carbocycles. The molecule has 2 atom stereocenters. The summed E-state index contributed by atoms with van der Waals surface area (Å²) in [4.78, 5) is 16.5. The Balaban J connectivity index is 1.33. The Kier molecular flexibility index (Phi) is 3.65. The van der Waals surface area contributed by atoms with Gasteiger partial charge in [-0.3, -0.25) is 9.48 Å². The summed E-state index contributed by atoms with van der Waals surface area (Å²) >= 11 is 0. The highest BCUT2D eigenvalue weighted by atomic mass is 16.5. The Morgan fingerprint density at radius 1 is 1.38 bits per heavy atom. The molecular weight excluding hydrogens is 306 g/mol. The fourth-order valence-electron chi connectivity index (χ4n) is 2.79. The van der Waals surface area contributed by atoms with E-state index in [-0.39, 0.29) is 24.4 Å². The van der Waals surface area contributed by atoms with E-state index in [0.717, 1.165) is 17.5 Å². The SMILES string of the molecule is Cn1cc([C@@H]2C[C@@H]2C(=O)OCc2coc(-c3ccccc3)n2)cn1. The standard InChI is InChI=1S/C18H17N3O3/c1-21-9-13(8-19-21)15-7-16(15)18(22)24-11-14-10-23-17(20-14)12-5-3-2-4-6-12/h2-6,8-10,15-16H,7,11H2,1H3/t15-,16-/m0/s1. The van der Waals surface area contributed by atoms with Crippen LogP contribution in [0.15, 0.2) is 53.4 Å². The minimum absolute atomic E-state index is 0.0744. The summed E-state index contributed by atoms with van der Waals surface area (Å²) in [6.45, 7) is 0.130. The number of hydrogen-bond donors (Lipinski definition) is 0. The zero-order valence-corrected chi connectivity index (χ0v) is 13.3. The van der Waals surface area contributed by atoms with E-state index in [0.29, 0.717) is 11.6 Å². The Hall–Kier alpha value is -2.89. The average molecular weight is 323 g/mol. The lowest BCUT2D eigenvalue weighted by molar-refractivity contribution is -0.146. The molecule has 1 fully saturated rings. The van der Waals surface area contributed by atoms with E-state index in [4.69, 9.17) is 9.15 Å². The number of esters is 1. The highest BCUT2D eigenvalue weighted by molar-refractivity contribution is 5.77. The zero-order chi connectivity index (χ0) is 16.5. The fraction of sp³-hybridized carbons (Fsp3) is 0.278. The monoisotopic (exact) mass is 323 g/mol. The van der Waals surface area contributed by atoms with E-state index in [9.17, 15) is 4.79 Å². The van der Waals surface area contributed by atoms with E-state index in [1.807, 2.05) is 49.8 Å². The molecule has 0 saturated heterocycles. The summed E-state index contributed by atoms with van der Waals surface area (Å²) in [5.74, 6) is 0.493. The number of rotatable bonds is 5. The summed E-state index contributed by atoms with van der Waals surface area (Å²) in [7, 11) is 1.87. The van der Waals surface area contributed by atoms with Crippen LogP contribution in [0.1, 0.15) is 23.6 Å². The van der Waals surface area contributed by atoms with E-state index in [1.165, 1.54) is 6.26 Å². The third-order valence-corrected chi connectivity index (χ3v) is 4.18. The van der Waals surface area contributed by atoms with Crippen LogP contribution in [0.2, 0.25) is 0 Å². The van der Waals surface area contributed by atoms with Crippen LogP contribution in [0, 0.1) is 5.92 Å². The number of aryl methyl sites for hydroxylation is 1. The predicted octanol–water partition coefficient (Wildman–Crippen LogP) is 2.92. The van der Waals surface area contributed by atoms with Crippen molar-refractivity contribution in [2.45, 2.75) is 18.9 Å². The molecule has 6 heteroatoms. The molecule has 0 radical (unpaired) electrons. The van der Waals surface area contributed by atoms with Crippen molar-refractivity contribution in [1.82, 2.24) is 14.8 Å². The van der Waals surface area contributed by atoms with Crippen molar-refractivity contribution in [2.75, 3.05) is 0 Å². The molecule has 3 aromatic rings. The first kappa shape index (κ1) is 14.7. The van der Waals surface area contributed by atoms with Gasteiger partial charge >= 0.3 is 5.97 Å². The number of hydrogen-bond acceptors (Lipinski definition) is 5. The average Bonchev–Trinajstić information content (AvgIpc) is 3.05. The lowest BCUT2D eigenvalue weighted by Crippen LogP contribution is -2.08. The number of oxazole rings is 1. The quantitative estimate of drug-likeness (QED) is 0.675. The van der Waals surface area contributed by atoms with E-state index >= 15 is 0 Å². The molecular formula is C18H17N3O3. The molecule has 0 amide bonds. The lowest BCUT2D eigenvalue weighted by atomic mass is 10.2. The van der Waals surface area contributed by atoms with Crippen LogP contribution in [0.25, 0.3) is 11.5 Å². The van der Waals surface area contributed by atoms with Gasteiger partial charge in [0.1, 0.15) is 18.6 Å². The van der Waals surface area contributed by atoms with Gasteiger partial charge in [0.25, 0.3) is 0 Å². The van der Waals surface area contributed by atoms with Gasteiger partial charge in [0.2, 0.25) is 5.89 Å². The molecule has 2 heterocycles. The number of carbonyl (C=O) groups excluding carboxylic acids is 1. The van der Waals surface area contributed by atoms with Gasteiger partial charge in [-0.15, -0.1) is 0 Å². The molecule has 6 nitrogen and oxygen atoms in total. The van der Waals surface area contributed by atoms with Crippen molar-refractivity contribution in [3.05, 3.63) is 60.2 Å². The zero-order valence-electron chi connectivity index (χ0n) is 13.3. The van der Waals surface area contributed by atoms with E-state index < -0.39 is 0 Å². The van der Waals surface area contributed by atoms with E-state index in [2.05, 4.69) is 10.1 Å². The second-order valence-electron chi connectivity index (χ2n) is 6.01. The fourth-order valence-corrected chi connectivity index (χ4v) is 2.79. The molecule has 0 N–H and O–H groups in total. The summed E-state index contributed by atoms with van der Waals surface area (Å²) in [5, 5.41) is 4.14. The van der Waals surface area contributed by atoms with Crippen LogP contribution in [0.5, 0.6) is 0 Å². The van der Waals surface area contributed by atoms with Gasteiger partial charge in [-0.2, -0.15) is 5.10 Å². The Bertz CT molecular complexity index is 853. The van der Waals surface area contributed by atoms with Crippen molar-refractivity contribution in [3.8, 4) is 11.5 Å². The molecule has 0 unspecified atom stereocenters. The van der Waals surface area contributed by atoms with Crippen molar-refractivity contribution in [3.63, 3.8) is 0 Å². The first-order valence-electron chi connectivity index (χ1n) is 7.86. The normalized spacial score (nSPS) is 19.2. The minimum atomic E-state index is -0.187. The molecule has 0 bridgehead atoms. The number of carbonyl (C=O) groups is 1. The van der Waals surface area contributed by atoms with Crippen molar-refractivity contribution < 1.29 is 13.9 Å². The summed E-state index contributed by atoms with van der Waals surface area (Å²) < 4.78 is 12.6. The Morgan fingerprint density at radius 2 is 2.21 bits per heavy atom. The largest absolute Gasteiger partial charge is 0.459 e. The Morgan fingerprint density at radius 3 is 2.96 bits per heavy atom. The molecule has 122 valence electrons. The summed E-state index contributed by atoms with van der Waals surface area (Å²) in [5.41, 5.74) is 2.60. The van der Waals surface area contributed by atoms with Gasteiger partial charge in [-0.05, 0) is 24.1 Å². The van der Waals surface area contributed by atoms with Crippen LogP contribution in [0.3, 0.4) is 0 Å². The Labute approximate surface area is 139 Å². The highest BCUT2D eigenvalue weighted by Gasteiger charge is 2.45. The second-order valence-corrected chi connectivity index (χ2v) is 6.01. The molecule has 0 aliphatic heterocycles. The van der Waals surface area contributed by atoms with Crippen LogP contribution >= 0.6 is 0 Å². The van der Waals surface area contributed by atoms with Crippen LogP contribution in [0.4, 0.5) is 0 Å². The molecule has 1 aliphatic rings. The maximum Gasteiger partial charge on any atom is 0.309 e. The van der Waals surface area contributed by atoms with Gasteiger partial charge < -0.3 is 9.15 Å². The van der Waals surface area contributed by atoms with Crippen molar-refractivity contribution in [1.29, 1.82) is 0 Å². The van der Waals surface area contributed by atoms with Gasteiger partial charge in [0, 0.05) is 24.7 Å². The maximum absolute atomic E-state index is 12.1. The number of benzene rings is 1. The molecule has 1 aliphatic carbocycles. The van der Waals surface area contributed by atoms with Crippen LogP contribution in [-0.4, -0.2) is 20.7 Å². The topological polar surface area (TPSA) is 70.2 Å². The van der Waals surface area contributed by atoms with Crippen molar-refractivity contribution in [2.24, 2.45) is 13.0 Å². The summed E-state index contributed by atoms with van der Waals surface area (Å²) in [6, 6.07) is 9.62. The third kappa shape index (κ3) is 2.95. The molecule has 24 heavy (non-hydrogen) atoms. The number of aromatic nitrogens is 3. The maximum atomic E-state index is 12.1. The number of nitrogens with zero attached hydrogens (tertiary/aromatic N) is 3. The van der Waals surface area contributed by atoms with Crippen LogP contribution < -0.4 is 0 Å². The third-order valence-electron chi connectivity index (χ3n) is 4.18. The summed E-state index contributed by atoms with van der Waals surface area (Å²) in [6.07, 6.45) is 6.10. The van der Waals surface area contributed by atoms with E-state index in [1.54, 1.807) is 4.68 Å². The first-order valence-corrected chi connectivity index (χ1v) is 7.86. The van der Waals surface area contributed by atoms with Gasteiger partial charge in [0.05, 0.1) is 12.1 Å². The smallest absolute Gasteiger partial charge is 0.309 e. The molecule has 1 saturated carbocycles.